The zero-order valence-electron chi connectivity index (χ0n) is 12.8. The number of hydrogen-bond donors (Lipinski definition) is 2. The first-order chi connectivity index (χ1) is 9.09. The molecule has 1 rings (SSSR count). The van der Waals surface area contributed by atoms with Gasteiger partial charge in [0.1, 0.15) is 0 Å². The lowest BCUT2D eigenvalue weighted by molar-refractivity contribution is -0.137. The number of amides is 2. The van der Waals surface area contributed by atoms with E-state index in [9.17, 15) is 9.59 Å². The normalized spacial score (nSPS) is 11.8. The van der Waals surface area contributed by atoms with E-state index in [0.29, 0.717) is 5.69 Å². The van der Waals surface area contributed by atoms with Crippen molar-refractivity contribution in [1.29, 1.82) is 0 Å². The van der Waals surface area contributed by atoms with Gasteiger partial charge in [0.05, 0.1) is 11.9 Å². The van der Waals surface area contributed by atoms with Gasteiger partial charge in [-0.15, -0.1) is 0 Å². The van der Waals surface area contributed by atoms with Crippen molar-refractivity contribution in [2.45, 2.75) is 46.6 Å². The average molecular weight is 277 g/mol. The molecule has 0 fully saturated rings. The summed E-state index contributed by atoms with van der Waals surface area (Å²) in [5, 5.41) is 5.28. The van der Waals surface area contributed by atoms with Gasteiger partial charge in [0.2, 0.25) is 0 Å². The van der Waals surface area contributed by atoms with E-state index in [-0.39, 0.29) is 5.41 Å². The summed E-state index contributed by atoms with van der Waals surface area (Å²) in [5.41, 5.74) is 0.124. The summed E-state index contributed by atoms with van der Waals surface area (Å²) in [5.74, 6) is -1.32. The summed E-state index contributed by atoms with van der Waals surface area (Å²) in [6.45, 7) is 10.1. The summed E-state index contributed by atoms with van der Waals surface area (Å²) in [6.07, 6.45) is 3.86. The molecule has 20 heavy (non-hydrogen) atoms. The van der Waals surface area contributed by atoms with Crippen molar-refractivity contribution in [3.8, 4) is 0 Å². The van der Waals surface area contributed by atoms with Gasteiger partial charge < -0.3 is 10.6 Å². The molecule has 0 atom stereocenters. The second-order valence-corrected chi connectivity index (χ2v) is 6.77. The van der Waals surface area contributed by atoms with Gasteiger partial charge in [-0.2, -0.15) is 0 Å². The van der Waals surface area contributed by atoms with Crippen molar-refractivity contribution in [3.05, 3.63) is 24.5 Å². The molecular formula is C15H23N3O2. The van der Waals surface area contributed by atoms with E-state index >= 15 is 0 Å². The third-order valence-electron chi connectivity index (χ3n) is 2.55. The quantitative estimate of drug-likeness (QED) is 0.833. The van der Waals surface area contributed by atoms with Gasteiger partial charge >= 0.3 is 11.8 Å². The third kappa shape index (κ3) is 5.82. The maximum Gasteiger partial charge on any atom is 0.313 e. The Morgan fingerprint density at radius 2 is 1.80 bits per heavy atom. The molecule has 0 spiro atoms. The Labute approximate surface area is 120 Å². The van der Waals surface area contributed by atoms with Gasteiger partial charge in [0.25, 0.3) is 0 Å². The molecule has 1 aromatic rings. The van der Waals surface area contributed by atoms with Crippen LogP contribution in [0.2, 0.25) is 0 Å². The highest BCUT2D eigenvalue weighted by Gasteiger charge is 2.29. The van der Waals surface area contributed by atoms with Crippen LogP contribution in [0.25, 0.3) is 0 Å². The zero-order valence-corrected chi connectivity index (χ0v) is 12.8. The lowest BCUT2D eigenvalue weighted by Gasteiger charge is -2.33. The van der Waals surface area contributed by atoms with E-state index in [2.05, 4.69) is 36.4 Å². The lowest BCUT2D eigenvalue weighted by Crippen LogP contribution is -2.49. The van der Waals surface area contributed by atoms with Crippen LogP contribution in [-0.4, -0.2) is 22.3 Å². The molecule has 110 valence electrons. The number of pyridine rings is 1. The number of rotatable bonds is 3. The summed E-state index contributed by atoms with van der Waals surface area (Å²) in [6, 6.07) is 3.37. The second kappa shape index (κ2) is 6.03. The standard InChI is InChI=1S/C15H23N3O2/c1-14(2,3)10-15(4,5)18-13(20)12(19)17-11-7-6-8-16-9-11/h6-9H,10H2,1-5H3,(H,17,19)(H,18,20). The molecule has 0 saturated heterocycles. The Balaban J connectivity index is 2.60. The summed E-state index contributed by atoms with van der Waals surface area (Å²) in [4.78, 5) is 27.6. The van der Waals surface area contributed by atoms with Crippen molar-refractivity contribution >= 4 is 17.5 Å². The van der Waals surface area contributed by atoms with Gasteiger partial charge in [-0.05, 0) is 37.8 Å². The minimum absolute atomic E-state index is 0.0661. The van der Waals surface area contributed by atoms with Crippen LogP contribution in [-0.2, 0) is 9.59 Å². The number of hydrogen-bond acceptors (Lipinski definition) is 3. The van der Waals surface area contributed by atoms with Crippen molar-refractivity contribution in [2.24, 2.45) is 5.41 Å². The third-order valence-corrected chi connectivity index (χ3v) is 2.55. The highest BCUT2D eigenvalue weighted by atomic mass is 16.2. The molecule has 2 N–H and O–H groups in total. The first kappa shape index (κ1) is 16.1. The second-order valence-electron chi connectivity index (χ2n) is 6.77. The van der Waals surface area contributed by atoms with E-state index in [1.54, 1.807) is 18.3 Å². The molecule has 0 bridgehead atoms. The molecular weight excluding hydrogens is 254 g/mol. The SMILES string of the molecule is CC(C)(C)CC(C)(C)NC(=O)C(=O)Nc1cccnc1. The Bertz CT molecular complexity index is 476. The van der Waals surface area contributed by atoms with Crippen LogP contribution >= 0.6 is 0 Å². The highest BCUT2D eigenvalue weighted by molar-refractivity contribution is 6.39. The van der Waals surface area contributed by atoms with Crippen LogP contribution in [0.4, 0.5) is 5.69 Å². The van der Waals surface area contributed by atoms with Gasteiger partial charge in [-0.25, -0.2) is 0 Å². The molecule has 0 unspecified atom stereocenters. The number of carbonyl (C=O) groups is 2. The van der Waals surface area contributed by atoms with E-state index in [1.807, 2.05) is 13.8 Å². The van der Waals surface area contributed by atoms with Crippen LogP contribution in [0, 0.1) is 5.41 Å². The van der Waals surface area contributed by atoms with E-state index in [4.69, 9.17) is 0 Å². The van der Waals surface area contributed by atoms with Crippen LogP contribution < -0.4 is 10.6 Å². The van der Waals surface area contributed by atoms with Crippen LogP contribution in [0.1, 0.15) is 41.0 Å². The first-order valence-corrected chi connectivity index (χ1v) is 6.63. The number of aromatic nitrogens is 1. The smallest absolute Gasteiger partial charge is 0.313 e. The van der Waals surface area contributed by atoms with E-state index in [0.717, 1.165) is 6.42 Å². The molecule has 0 radical (unpaired) electrons. The molecule has 0 aliphatic heterocycles. The maximum absolute atomic E-state index is 11.9. The topological polar surface area (TPSA) is 71.1 Å². The molecule has 0 saturated carbocycles. The Morgan fingerprint density at radius 1 is 1.15 bits per heavy atom. The molecule has 0 aliphatic carbocycles. The molecule has 2 amide bonds. The molecule has 1 heterocycles. The van der Waals surface area contributed by atoms with Gasteiger partial charge in [0, 0.05) is 11.7 Å². The van der Waals surface area contributed by atoms with Crippen molar-refractivity contribution < 1.29 is 9.59 Å². The van der Waals surface area contributed by atoms with Crippen molar-refractivity contribution in [2.75, 3.05) is 5.32 Å². The fraction of sp³-hybridized carbons (Fsp3) is 0.533. The van der Waals surface area contributed by atoms with Crippen LogP contribution in [0.3, 0.4) is 0 Å². The molecule has 0 aromatic carbocycles. The summed E-state index contributed by atoms with van der Waals surface area (Å²) < 4.78 is 0. The monoisotopic (exact) mass is 277 g/mol. The number of nitrogens with zero attached hydrogens (tertiary/aromatic N) is 1. The maximum atomic E-state index is 11.9. The Morgan fingerprint density at radius 3 is 2.30 bits per heavy atom. The number of carbonyl (C=O) groups excluding carboxylic acids is 2. The lowest BCUT2D eigenvalue weighted by atomic mass is 9.82. The first-order valence-electron chi connectivity index (χ1n) is 6.63. The fourth-order valence-electron chi connectivity index (χ4n) is 2.36. The predicted octanol–water partition coefficient (Wildman–Crippen LogP) is 2.35. The largest absolute Gasteiger partial charge is 0.343 e. The fourth-order valence-corrected chi connectivity index (χ4v) is 2.36. The van der Waals surface area contributed by atoms with Gasteiger partial charge in [0.15, 0.2) is 0 Å². The minimum atomic E-state index is -0.681. The van der Waals surface area contributed by atoms with Crippen molar-refractivity contribution in [3.63, 3.8) is 0 Å². The average Bonchev–Trinajstić information content (AvgIpc) is 2.26. The van der Waals surface area contributed by atoms with Gasteiger partial charge in [-0.3, -0.25) is 14.6 Å². The molecule has 5 heteroatoms. The Hall–Kier alpha value is -1.91. The highest BCUT2D eigenvalue weighted by Crippen LogP contribution is 2.26. The van der Waals surface area contributed by atoms with Crippen LogP contribution in [0.15, 0.2) is 24.5 Å². The van der Waals surface area contributed by atoms with Gasteiger partial charge in [-0.1, -0.05) is 20.8 Å². The van der Waals surface area contributed by atoms with E-state index < -0.39 is 17.4 Å². The molecule has 0 aliphatic rings. The summed E-state index contributed by atoms with van der Waals surface area (Å²) >= 11 is 0. The predicted molar refractivity (Wildman–Crippen MR) is 79.2 cm³/mol. The van der Waals surface area contributed by atoms with Crippen LogP contribution in [0.5, 0.6) is 0 Å². The zero-order chi connectivity index (χ0) is 15.4. The minimum Gasteiger partial charge on any atom is -0.343 e. The number of nitrogens with one attached hydrogen (secondary N) is 2. The molecule has 5 nitrogen and oxygen atoms in total. The van der Waals surface area contributed by atoms with Crippen molar-refractivity contribution in [1.82, 2.24) is 10.3 Å². The summed E-state index contributed by atoms with van der Waals surface area (Å²) in [7, 11) is 0. The van der Waals surface area contributed by atoms with E-state index in [1.165, 1.54) is 6.20 Å². The number of anilines is 1. The Kier molecular flexibility index (Phi) is 4.87. The molecule has 1 aromatic heterocycles.